The monoisotopic (exact) mass is 723 g/mol. The van der Waals surface area contributed by atoms with E-state index < -0.39 is 22.1 Å². The van der Waals surface area contributed by atoms with Gasteiger partial charge in [0, 0.05) is 33.2 Å². The summed E-state index contributed by atoms with van der Waals surface area (Å²) in [6.45, 7) is 12.3. The molecule has 0 saturated carbocycles. The molecule has 6 aromatic carbocycles. The Morgan fingerprint density at radius 3 is 1.46 bits per heavy atom. The summed E-state index contributed by atoms with van der Waals surface area (Å²) in [5.41, 5.74) is 1.76. The van der Waals surface area contributed by atoms with E-state index in [0.717, 1.165) is 36.0 Å². The predicted molar refractivity (Wildman–Crippen MR) is 213 cm³/mol. The molecule has 0 aromatic heterocycles. The molecule has 0 radical (unpaired) electrons. The number of ketones is 2. The number of hydrogen-bond donors (Lipinski definition) is 0. The molecule has 4 nitrogen and oxygen atoms in total. The maximum absolute atomic E-state index is 13.3. The third-order valence-electron chi connectivity index (χ3n) is 7.82. The molecule has 52 heavy (non-hydrogen) atoms. The zero-order valence-corrected chi connectivity index (χ0v) is 32.0. The quantitative estimate of drug-likeness (QED) is 0.0984. The molecule has 1 atom stereocenters. The Bertz CT molecular complexity index is 2150. The Hall–Kier alpha value is -5.04. The molecule has 6 aromatic rings. The summed E-state index contributed by atoms with van der Waals surface area (Å²) < 4.78 is 13.2. The van der Waals surface area contributed by atoms with Crippen LogP contribution in [0.1, 0.15) is 73.4 Å². The first kappa shape index (κ1) is 36.7. The average molecular weight is 724 g/mol. The van der Waals surface area contributed by atoms with Crippen molar-refractivity contribution in [1.82, 2.24) is 0 Å². The Labute approximate surface area is 314 Å². The maximum Gasteiger partial charge on any atom is 0.208 e. The highest BCUT2D eigenvalue weighted by molar-refractivity contribution is 7.99. The van der Waals surface area contributed by atoms with Crippen LogP contribution in [0.25, 0.3) is 0 Å². The molecule has 0 N–H and O–H groups in total. The largest absolute Gasteiger partial charge is 0.487 e. The van der Waals surface area contributed by atoms with Gasteiger partial charge in [-0.25, -0.2) is 0 Å². The molecule has 1 unspecified atom stereocenters. The number of carbonyl (C=O) groups excluding carboxylic acids is 2. The van der Waals surface area contributed by atoms with E-state index >= 15 is 0 Å². The molecule has 6 heteroatoms. The molecule has 0 fully saturated rings. The van der Waals surface area contributed by atoms with Crippen LogP contribution in [0.3, 0.4) is 0 Å². The molecule has 0 saturated heterocycles. The third kappa shape index (κ3) is 9.24. The van der Waals surface area contributed by atoms with Crippen molar-refractivity contribution in [2.45, 2.75) is 77.2 Å². The van der Waals surface area contributed by atoms with Crippen molar-refractivity contribution in [1.29, 1.82) is 0 Å². The van der Waals surface area contributed by atoms with Gasteiger partial charge in [-0.15, -0.1) is 0 Å². The standard InChI is InChI=1S/C46H43O4S2/c1-45(2,3)49-39-19-13-14-20-42(39)52(37-27-23-35(24-28-37)44(48)33-17-11-8-12-18-33)38-29-30-41(40(31-38)50-46(4,5)6)51-36-25-21-34(22-26-36)43(47)32-15-9-7-10-16-32/h7-31H,1-6H3/q+1. The molecule has 0 spiro atoms. The Morgan fingerprint density at radius 1 is 0.481 bits per heavy atom. The number of hydrogen-bond acceptors (Lipinski definition) is 5. The number of rotatable bonds is 11. The van der Waals surface area contributed by atoms with Crippen molar-refractivity contribution < 1.29 is 19.1 Å². The zero-order chi connectivity index (χ0) is 36.9. The molecular weight excluding hydrogens is 681 g/mol. The van der Waals surface area contributed by atoms with Crippen LogP contribution >= 0.6 is 11.8 Å². The van der Waals surface area contributed by atoms with Crippen LogP contribution in [0, 0.1) is 0 Å². The second-order valence-electron chi connectivity index (χ2n) is 14.3. The minimum Gasteiger partial charge on any atom is -0.487 e. The fraction of sp³-hybridized carbons (Fsp3) is 0.174. The van der Waals surface area contributed by atoms with Crippen molar-refractivity contribution in [2.24, 2.45) is 0 Å². The van der Waals surface area contributed by atoms with Gasteiger partial charge >= 0.3 is 0 Å². The van der Waals surface area contributed by atoms with Crippen molar-refractivity contribution in [2.75, 3.05) is 0 Å². The summed E-state index contributed by atoms with van der Waals surface area (Å²) in [5, 5.41) is 0. The van der Waals surface area contributed by atoms with E-state index in [9.17, 15) is 9.59 Å². The topological polar surface area (TPSA) is 52.6 Å². The Balaban J connectivity index is 1.39. The van der Waals surface area contributed by atoms with Gasteiger partial charge in [0.25, 0.3) is 0 Å². The minimum atomic E-state index is -0.610. The summed E-state index contributed by atoms with van der Waals surface area (Å²) in [6, 6.07) is 49.0. The lowest BCUT2D eigenvalue weighted by Gasteiger charge is -2.24. The molecule has 0 aliphatic carbocycles. The first-order chi connectivity index (χ1) is 24.8. The lowest BCUT2D eigenvalue weighted by atomic mass is 10.0. The van der Waals surface area contributed by atoms with Crippen LogP contribution < -0.4 is 9.47 Å². The molecular formula is C46H43O4S2+. The van der Waals surface area contributed by atoms with Gasteiger partial charge in [-0.1, -0.05) is 84.6 Å². The van der Waals surface area contributed by atoms with Crippen LogP contribution in [0.15, 0.2) is 176 Å². The normalized spacial score (nSPS) is 12.2. The van der Waals surface area contributed by atoms with Crippen molar-refractivity contribution in [3.05, 3.63) is 174 Å². The van der Waals surface area contributed by atoms with Crippen LogP contribution in [0.4, 0.5) is 0 Å². The van der Waals surface area contributed by atoms with Gasteiger partial charge < -0.3 is 9.47 Å². The molecule has 6 rings (SSSR count). The number of para-hydroxylation sites is 1. The van der Waals surface area contributed by atoms with Gasteiger partial charge in [-0.05, 0) is 114 Å². The molecule has 0 aliphatic heterocycles. The van der Waals surface area contributed by atoms with Gasteiger partial charge in [-0.2, -0.15) is 0 Å². The maximum atomic E-state index is 13.3. The Morgan fingerprint density at radius 2 is 0.923 bits per heavy atom. The highest BCUT2D eigenvalue weighted by atomic mass is 32.2. The van der Waals surface area contributed by atoms with Crippen LogP contribution in [-0.4, -0.2) is 22.8 Å². The van der Waals surface area contributed by atoms with Crippen LogP contribution in [0.5, 0.6) is 11.5 Å². The summed E-state index contributed by atoms with van der Waals surface area (Å²) >= 11 is 1.60. The predicted octanol–water partition coefficient (Wildman–Crippen LogP) is 11.7. The van der Waals surface area contributed by atoms with Crippen molar-refractivity contribution >= 4 is 34.2 Å². The van der Waals surface area contributed by atoms with Crippen LogP contribution in [0.2, 0.25) is 0 Å². The van der Waals surface area contributed by atoms with Crippen molar-refractivity contribution in [3.8, 4) is 11.5 Å². The van der Waals surface area contributed by atoms with Gasteiger partial charge in [0.15, 0.2) is 27.1 Å². The first-order valence-corrected chi connectivity index (χ1v) is 19.3. The number of carbonyl (C=O) groups is 2. The van der Waals surface area contributed by atoms with Gasteiger partial charge in [0.1, 0.15) is 27.8 Å². The smallest absolute Gasteiger partial charge is 0.208 e. The number of ether oxygens (including phenoxy) is 2. The summed E-state index contributed by atoms with van der Waals surface area (Å²) in [6.07, 6.45) is 0. The third-order valence-corrected chi connectivity index (χ3v) is 11.1. The van der Waals surface area contributed by atoms with Gasteiger partial charge in [0.05, 0.1) is 4.90 Å². The van der Waals surface area contributed by atoms with E-state index in [4.69, 9.17) is 9.47 Å². The van der Waals surface area contributed by atoms with E-state index in [0.29, 0.717) is 22.3 Å². The first-order valence-electron chi connectivity index (χ1n) is 17.3. The zero-order valence-electron chi connectivity index (χ0n) is 30.4. The summed E-state index contributed by atoms with van der Waals surface area (Å²) in [4.78, 5) is 31.4. The highest BCUT2D eigenvalue weighted by Gasteiger charge is 2.35. The Kier molecular flexibility index (Phi) is 11.1. The van der Waals surface area contributed by atoms with Gasteiger partial charge in [0.2, 0.25) is 4.90 Å². The molecule has 0 amide bonds. The lowest BCUT2D eigenvalue weighted by Crippen LogP contribution is -2.24. The molecule has 0 heterocycles. The van der Waals surface area contributed by atoms with E-state index in [1.807, 2.05) is 136 Å². The SMILES string of the molecule is CC(C)(C)Oc1cc([S+](c2ccc(C(=O)c3ccccc3)cc2)c2ccccc2OC(C)(C)C)ccc1Sc1ccc(C(=O)c2ccccc2)cc1. The summed E-state index contributed by atoms with van der Waals surface area (Å²) in [5.74, 6) is 1.56. The van der Waals surface area contributed by atoms with Crippen LogP contribution in [-0.2, 0) is 10.9 Å². The van der Waals surface area contributed by atoms with Crippen molar-refractivity contribution in [3.63, 3.8) is 0 Å². The fourth-order valence-electron chi connectivity index (χ4n) is 5.59. The molecule has 0 bridgehead atoms. The lowest BCUT2D eigenvalue weighted by molar-refractivity contribution is 0.103. The molecule has 262 valence electrons. The van der Waals surface area contributed by atoms with Gasteiger partial charge in [-0.3, -0.25) is 9.59 Å². The number of benzene rings is 6. The minimum absolute atomic E-state index is 0.00141. The van der Waals surface area contributed by atoms with E-state index in [-0.39, 0.29) is 11.6 Å². The fourth-order valence-corrected chi connectivity index (χ4v) is 8.59. The average Bonchev–Trinajstić information content (AvgIpc) is 3.13. The second kappa shape index (κ2) is 15.7. The molecule has 0 aliphatic rings. The second-order valence-corrected chi connectivity index (χ2v) is 17.4. The van der Waals surface area contributed by atoms with E-state index in [1.165, 1.54) is 0 Å². The highest BCUT2D eigenvalue weighted by Crippen LogP contribution is 2.43. The van der Waals surface area contributed by atoms with E-state index in [2.05, 4.69) is 57.2 Å². The van der Waals surface area contributed by atoms with E-state index in [1.54, 1.807) is 11.8 Å². The summed E-state index contributed by atoms with van der Waals surface area (Å²) in [7, 11) is -0.610.